The number of amides is 2. The van der Waals surface area contributed by atoms with Crippen LogP contribution >= 0.6 is 23.4 Å². The molecule has 38 heavy (non-hydrogen) atoms. The van der Waals surface area contributed by atoms with E-state index in [1.54, 1.807) is 51.2 Å². The van der Waals surface area contributed by atoms with E-state index in [1.807, 2.05) is 6.07 Å². The van der Waals surface area contributed by atoms with Gasteiger partial charge in [-0.15, -0.1) is 0 Å². The predicted molar refractivity (Wildman–Crippen MR) is 149 cm³/mol. The monoisotopic (exact) mass is 587 g/mol. The van der Waals surface area contributed by atoms with E-state index in [0.717, 1.165) is 11.8 Å². The maximum absolute atomic E-state index is 12.1. The lowest BCUT2D eigenvalue weighted by Crippen LogP contribution is -2.30. The van der Waals surface area contributed by atoms with Gasteiger partial charge in [-0.1, -0.05) is 54.2 Å². The van der Waals surface area contributed by atoms with Gasteiger partial charge in [0.1, 0.15) is 12.4 Å². The number of carbonyl (C=O) groups excluding carboxylic acids is 1. The van der Waals surface area contributed by atoms with E-state index in [4.69, 9.17) is 11.6 Å². The molecule has 0 bridgehead atoms. The van der Waals surface area contributed by atoms with E-state index in [1.165, 1.54) is 22.8 Å². The van der Waals surface area contributed by atoms with E-state index in [0.29, 0.717) is 26.7 Å². The normalized spacial score (nSPS) is 12.2. The Kier molecular flexibility index (Phi) is 11.4. The number of aryl methyl sites for hydroxylation is 1. The average Bonchev–Trinajstić information content (AvgIpc) is 2.85. The summed E-state index contributed by atoms with van der Waals surface area (Å²) in [6, 6.07) is 12.7. The van der Waals surface area contributed by atoms with Gasteiger partial charge in [0.2, 0.25) is 0 Å². The maximum Gasteiger partial charge on any atom is 0.405 e. The molecule has 2 aromatic carbocycles. The molecule has 2 amide bonds. The van der Waals surface area contributed by atoms with Crippen LogP contribution < -0.4 is 20.9 Å². The van der Waals surface area contributed by atoms with E-state index < -0.39 is 29.7 Å². The first-order valence-corrected chi connectivity index (χ1v) is 13.2. The van der Waals surface area contributed by atoms with Gasteiger partial charge < -0.3 is 10.6 Å². The minimum Gasteiger partial charge on any atom is -0.376 e. The number of fused-ring (bicyclic) bond motifs is 1. The van der Waals surface area contributed by atoms with E-state index in [-0.39, 0.29) is 15.6 Å². The molecule has 3 N–H and O–H groups in total. The van der Waals surface area contributed by atoms with Gasteiger partial charge in [0.25, 0.3) is 5.56 Å². The molecule has 0 radical (unpaired) electrons. The molecule has 0 aliphatic carbocycles. The van der Waals surface area contributed by atoms with Gasteiger partial charge >= 0.3 is 12.2 Å². The smallest absolute Gasteiger partial charge is 0.376 e. The van der Waals surface area contributed by atoms with Crippen molar-refractivity contribution < 1.29 is 22.2 Å². The number of anilines is 2. The number of benzene rings is 2. The van der Waals surface area contributed by atoms with Crippen molar-refractivity contribution in [2.75, 3.05) is 17.2 Å². The number of urea groups is 1. The number of nitrogens with one attached hydrogen (secondary N) is 3. The van der Waals surface area contributed by atoms with Gasteiger partial charge in [-0.2, -0.15) is 13.2 Å². The standard InChI is InChI=1S/C12H13ClN2O2S2.C12H12F3N3O/c1-3-11(18-9(2)13)19(17)15-12(16)14-10-7-5-4-6-8-10;1-7-17-10-5-8(16-6-12(13,14)15)3-4-9(10)11(19)18(7)2/h3-8H,2H2,1H3,(H2,14,15,16);3-5,16H,6H2,1-2H3/b11-3+;. The number of hydrogen-bond donors (Lipinski definition) is 3. The molecule has 1 unspecified atom stereocenters. The predicted octanol–water partition coefficient (Wildman–Crippen LogP) is 5.99. The van der Waals surface area contributed by atoms with Crippen LogP contribution in [0.4, 0.5) is 29.3 Å². The largest absolute Gasteiger partial charge is 0.405 e. The first-order valence-electron chi connectivity index (χ1n) is 10.8. The number of allylic oxidation sites excluding steroid dienone is 1. The van der Waals surface area contributed by atoms with Crippen molar-refractivity contribution in [2.45, 2.75) is 20.0 Å². The van der Waals surface area contributed by atoms with Crippen molar-refractivity contribution in [1.29, 1.82) is 0 Å². The van der Waals surface area contributed by atoms with Crippen LogP contribution in [0.5, 0.6) is 0 Å². The van der Waals surface area contributed by atoms with Crippen LogP contribution in [0.1, 0.15) is 12.7 Å². The molecule has 0 fully saturated rings. The number of rotatable bonds is 7. The Hall–Kier alpha value is -3.29. The number of nitrogens with zero attached hydrogens (tertiary/aromatic N) is 2. The number of para-hydroxylation sites is 1. The second-order valence-electron chi connectivity index (χ2n) is 7.48. The van der Waals surface area contributed by atoms with Gasteiger partial charge in [0, 0.05) is 18.4 Å². The molecule has 0 saturated heterocycles. The summed E-state index contributed by atoms with van der Waals surface area (Å²) < 4.78 is 52.6. The van der Waals surface area contributed by atoms with Crippen molar-refractivity contribution in [3.63, 3.8) is 0 Å². The van der Waals surface area contributed by atoms with Crippen LogP contribution in [0.3, 0.4) is 0 Å². The zero-order chi connectivity index (χ0) is 28.5. The molecule has 0 aliphatic rings. The Bertz CT molecular complexity index is 1410. The van der Waals surface area contributed by atoms with Gasteiger partial charge in [-0.25, -0.2) is 14.0 Å². The van der Waals surface area contributed by atoms with Crippen molar-refractivity contribution in [2.24, 2.45) is 7.05 Å². The van der Waals surface area contributed by atoms with Crippen LogP contribution in [0, 0.1) is 6.92 Å². The molecule has 0 aliphatic heterocycles. The summed E-state index contributed by atoms with van der Waals surface area (Å²) >= 11 is 6.67. The summed E-state index contributed by atoms with van der Waals surface area (Å²) in [6.45, 7) is 5.74. The second-order valence-corrected chi connectivity index (χ2v) is 10.7. The Balaban J connectivity index is 0.000000267. The topological polar surface area (TPSA) is 105 Å². The van der Waals surface area contributed by atoms with Crippen LogP contribution in [0.25, 0.3) is 10.9 Å². The molecule has 1 atom stereocenters. The lowest BCUT2D eigenvalue weighted by atomic mass is 10.2. The molecular formula is C24H25ClF3N5O3S2. The van der Waals surface area contributed by atoms with E-state index in [9.17, 15) is 27.0 Å². The second kappa shape index (κ2) is 14.0. The van der Waals surface area contributed by atoms with Crippen molar-refractivity contribution >= 4 is 62.7 Å². The number of alkyl halides is 3. The Morgan fingerprint density at radius 2 is 1.87 bits per heavy atom. The molecule has 3 aromatic rings. The SMILES string of the molecule is C=C(Cl)S/C(=C\C)S(=O)NC(=O)Nc1ccccc1.Cc1nc2cc(NCC(F)(F)F)ccc2c(=O)n1C. The van der Waals surface area contributed by atoms with Crippen LogP contribution in [0.15, 0.2) is 74.6 Å². The third-order valence-corrected chi connectivity index (χ3v) is 7.21. The molecule has 1 aromatic heterocycles. The first kappa shape index (κ1) is 30.9. The van der Waals surface area contributed by atoms with Crippen molar-refractivity contribution in [1.82, 2.24) is 14.3 Å². The first-order chi connectivity index (χ1) is 17.8. The maximum atomic E-state index is 12.1. The highest BCUT2D eigenvalue weighted by Crippen LogP contribution is 2.28. The van der Waals surface area contributed by atoms with Gasteiger partial charge in [-0.3, -0.25) is 14.1 Å². The third-order valence-electron chi connectivity index (χ3n) is 4.64. The van der Waals surface area contributed by atoms with Crippen LogP contribution in [0.2, 0.25) is 0 Å². The van der Waals surface area contributed by atoms with Crippen LogP contribution in [-0.4, -0.2) is 32.5 Å². The van der Waals surface area contributed by atoms with Crippen molar-refractivity contribution in [3.05, 3.63) is 86.0 Å². The Labute approximate surface area is 229 Å². The van der Waals surface area contributed by atoms with E-state index in [2.05, 4.69) is 26.9 Å². The summed E-state index contributed by atoms with van der Waals surface area (Å²) in [6.07, 6.45) is -2.68. The Morgan fingerprint density at radius 3 is 2.45 bits per heavy atom. The fraction of sp³-hybridized carbons (Fsp3) is 0.208. The van der Waals surface area contributed by atoms with E-state index >= 15 is 0 Å². The molecule has 3 rings (SSSR count). The number of hydrogen-bond acceptors (Lipinski definition) is 6. The molecule has 14 heteroatoms. The lowest BCUT2D eigenvalue weighted by molar-refractivity contribution is -0.115. The zero-order valence-electron chi connectivity index (χ0n) is 20.6. The fourth-order valence-electron chi connectivity index (χ4n) is 2.82. The third kappa shape index (κ3) is 9.88. The quantitative estimate of drug-likeness (QED) is 0.313. The molecule has 1 heterocycles. The van der Waals surface area contributed by atoms with Gasteiger partial charge in [-0.05, 0) is 44.2 Å². The summed E-state index contributed by atoms with van der Waals surface area (Å²) in [5.41, 5.74) is 1.07. The number of halogens is 4. The zero-order valence-corrected chi connectivity index (χ0v) is 22.9. The minimum atomic E-state index is -4.29. The summed E-state index contributed by atoms with van der Waals surface area (Å²) in [7, 11) is -0.0683. The Morgan fingerprint density at radius 1 is 1.21 bits per heavy atom. The highest BCUT2D eigenvalue weighted by atomic mass is 35.5. The van der Waals surface area contributed by atoms with Gasteiger partial charge in [0.05, 0.1) is 19.5 Å². The molecule has 0 saturated carbocycles. The highest BCUT2D eigenvalue weighted by Gasteiger charge is 2.26. The molecule has 204 valence electrons. The minimum absolute atomic E-state index is 0.218. The lowest BCUT2D eigenvalue weighted by Gasteiger charge is -2.10. The molecule has 8 nitrogen and oxygen atoms in total. The average molecular weight is 588 g/mol. The summed E-state index contributed by atoms with van der Waals surface area (Å²) in [5.74, 6) is 0.505. The number of aromatic nitrogens is 2. The summed E-state index contributed by atoms with van der Waals surface area (Å²) in [4.78, 5) is 27.7. The van der Waals surface area contributed by atoms with Gasteiger partial charge in [0.15, 0.2) is 11.0 Å². The highest BCUT2D eigenvalue weighted by molar-refractivity contribution is 8.19. The number of thioether (sulfide) groups is 1. The number of carbonyl (C=O) groups is 1. The molecule has 0 spiro atoms. The van der Waals surface area contributed by atoms with Crippen molar-refractivity contribution in [3.8, 4) is 0 Å². The summed E-state index contributed by atoms with van der Waals surface area (Å²) in [5, 5.41) is 5.21. The fourth-order valence-corrected chi connectivity index (χ4v) is 4.81. The van der Waals surface area contributed by atoms with Crippen LogP contribution in [-0.2, 0) is 18.0 Å². The molecular weight excluding hydrogens is 563 g/mol.